The molecule has 0 bridgehead atoms. The van der Waals surface area contributed by atoms with Crippen LogP contribution in [-0.4, -0.2) is 55.5 Å². The third-order valence-corrected chi connectivity index (χ3v) is 2.01. The molecule has 1 aliphatic rings. The Balaban J connectivity index is 2.31. The molecule has 11 heavy (non-hydrogen) atoms. The highest BCUT2D eigenvalue weighted by atomic mass is 16.5. The molecule has 1 heterocycles. The van der Waals surface area contributed by atoms with Gasteiger partial charge in [0.1, 0.15) is 0 Å². The molecule has 4 nitrogen and oxygen atoms in total. The molecule has 1 atom stereocenters. The molecule has 1 saturated heterocycles. The smallest absolute Gasteiger partial charge is 0.0634 e. The van der Waals surface area contributed by atoms with Crippen molar-refractivity contribution >= 4 is 0 Å². The zero-order chi connectivity index (χ0) is 8.10. The van der Waals surface area contributed by atoms with E-state index >= 15 is 0 Å². The summed E-state index contributed by atoms with van der Waals surface area (Å²) in [5, 5.41) is 8.71. The van der Waals surface area contributed by atoms with Crippen LogP contribution in [0.1, 0.15) is 0 Å². The van der Waals surface area contributed by atoms with Gasteiger partial charge in [0.15, 0.2) is 0 Å². The number of rotatable bonds is 3. The summed E-state index contributed by atoms with van der Waals surface area (Å²) >= 11 is 0. The summed E-state index contributed by atoms with van der Waals surface area (Å²) in [4.78, 5) is 2.17. The van der Waals surface area contributed by atoms with Crippen LogP contribution in [0.15, 0.2) is 0 Å². The molecule has 0 aliphatic carbocycles. The fraction of sp³-hybridized carbons (Fsp3) is 1.00. The maximum Gasteiger partial charge on any atom is 0.0634 e. The van der Waals surface area contributed by atoms with Gasteiger partial charge >= 0.3 is 0 Å². The van der Waals surface area contributed by atoms with Gasteiger partial charge in [0, 0.05) is 25.7 Å². The van der Waals surface area contributed by atoms with Crippen LogP contribution in [0.3, 0.4) is 0 Å². The largest absolute Gasteiger partial charge is 0.395 e. The van der Waals surface area contributed by atoms with E-state index in [1.54, 1.807) is 0 Å². The van der Waals surface area contributed by atoms with Crippen LogP contribution in [0.25, 0.3) is 0 Å². The van der Waals surface area contributed by atoms with E-state index in [1.807, 2.05) is 0 Å². The van der Waals surface area contributed by atoms with Crippen LogP contribution >= 0.6 is 0 Å². The van der Waals surface area contributed by atoms with E-state index in [1.165, 1.54) is 0 Å². The molecule has 1 unspecified atom stereocenters. The monoisotopic (exact) mass is 160 g/mol. The summed E-state index contributed by atoms with van der Waals surface area (Å²) in [6.07, 6.45) is 0. The highest BCUT2D eigenvalue weighted by Crippen LogP contribution is 2.03. The van der Waals surface area contributed by atoms with E-state index in [0.29, 0.717) is 25.7 Å². The first-order valence-corrected chi connectivity index (χ1v) is 4.01. The van der Waals surface area contributed by atoms with E-state index < -0.39 is 0 Å². The Morgan fingerprint density at radius 1 is 1.64 bits per heavy atom. The first-order chi connectivity index (χ1) is 5.38. The Morgan fingerprint density at radius 3 is 3.09 bits per heavy atom. The van der Waals surface area contributed by atoms with Crippen molar-refractivity contribution in [1.82, 2.24) is 4.90 Å². The zero-order valence-electron chi connectivity index (χ0n) is 6.70. The van der Waals surface area contributed by atoms with Crippen molar-refractivity contribution in [3.8, 4) is 0 Å². The van der Waals surface area contributed by atoms with Gasteiger partial charge in [-0.1, -0.05) is 0 Å². The van der Waals surface area contributed by atoms with E-state index in [4.69, 9.17) is 15.6 Å². The average Bonchev–Trinajstić information content (AvgIpc) is 2.06. The number of hydrogen-bond donors (Lipinski definition) is 2. The highest BCUT2D eigenvalue weighted by molar-refractivity contribution is 4.75. The fourth-order valence-electron chi connectivity index (χ4n) is 1.33. The van der Waals surface area contributed by atoms with Crippen LogP contribution in [0.5, 0.6) is 0 Å². The first kappa shape index (κ1) is 8.93. The predicted molar refractivity (Wildman–Crippen MR) is 42.3 cm³/mol. The third-order valence-electron chi connectivity index (χ3n) is 2.01. The normalized spacial score (nSPS) is 27.3. The molecular weight excluding hydrogens is 144 g/mol. The molecule has 0 radical (unpaired) electrons. The van der Waals surface area contributed by atoms with Gasteiger partial charge in [0.05, 0.1) is 19.8 Å². The molecule has 66 valence electrons. The summed E-state index contributed by atoms with van der Waals surface area (Å²) < 4.78 is 5.25. The van der Waals surface area contributed by atoms with Gasteiger partial charge in [-0.15, -0.1) is 0 Å². The predicted octanol–water partition coefficient (Wildman–Crippen LogP) is -1.36. The van der Waals surface area contributed by atoms with E-state index in [2.05, 4.69) is 4.90 Å². The quantitative estimate of drug-likeness (QED) is 0.535. The Morgan fingerprint density at radius 2 is 2.45 bits per heavy atom. The van der Waals surface area contributed by atoms with Crippen LogP contribution < -0.4 is 5.73 Å². The number of aliphatic hydroxyl groups is 1. The lowest BCUT2D eigenvalue weighted by atomic mass is 10.2. The number of morpholine rings is 1. The number of nitrogens with zero attached hydrogens (tertiary/aromatic N) is 1. The van der Waals surface area contributed by atoms with Gasteiger partial charge in [-0.05, 0) is 0 Å². The zero-order valence-corrected chi connectivity index (χ0v) is 6.70. The topological polar surface area (TPSA) is 58.7 Å². The van der Waals surface area contributed by atoms with Gasteiger partial charge < -0.3 is 15.6 Å². The third kappa shape index (κ3) is 2.41. The Hall–Kier alpha value is -0.160. The van der Waals surface area contributed by atoms with Gasteiger partial charge in [-0.3, -0.25) is 4.90 Å². The second kappa shape index (κ2) is 4.66. The number of β-amino-alcohol motifs (C(OH)–C–C–N with tert-alkyl or cyclic N) is 1. The number of ether oxygens (including phenoxy) is 1. The molecule has 3 N–H and O–H groups in total. The number of aliphatic hydroxyl groups excluding tert-OH is 1. The molecule has 0 aromatic rings. The van der Waals surface area contributed by atoms with E-state index in [-0.39, 0.29) is 6.61 Å². The molecule has 0 aromatic carbocycles. The van der Waals surface area contributed by atoms with E-state index in [0.717, 1.165) is 13.2 Å². The van der Waals surface area contributed by atoms with Crippen LogP contribution in [0, 0.1) is 0 Å². The second-order valence-corrected chi connectivity index (χ2v) is 2.72. The van der Waals surface area contributed by atoms with Gasteiger partial charge in [0.2, 0.25) is 0 Å². The Bertz CT molecular complexity index is 109. The minimum Gasteiger partial charge on any atom is -0.395 e. The minimum absolute atomic E-state index is 0.205. The molecule has 1 fully saturated rings. The maximum absolute atomic E-state index is 8.71. The van der Waals surface area contributed by atoms with Gasteiger partial charge in [0.25, 0.3) is 0 Å². The lowest BCUT2D eigenvalue weighted by molar-refractivity contribution is -0.00998. The van der Waals surface area contributed by atoms with Crippen molar-refractivity contribution in [2.24, 2.45) is 5.73 Å². The molecule has 0 amide bonds. The molecule has 0 spiro atoms. The van der Waals surface area contributed by atoms with Crippen LogP contribution in [-0.2, 0) is 4.74 Å². The van der Waals surface area contributed by atoms with Gasteiger partial charge in [-0.2, -0.15) is 0 Å². The minimum atomic E-state index is 0.205. The lowest BCUT2D eigenvalue weighted by Crippen LogP contribution is -2.50. The second-order valence-electron chi connectivity index (χ2n) is 2.72. The fourth-order valence-corrected chi connectivity index (χ4v) is 1.33. The van der Waals surface area contributed by atoms with Crippen molar-refractivity contribution in [2.75, 3.05) is 39.5 Å². The van der Waals surface area contributed by atoms with Crippen molar-refractivity contribution in [2.45, 2.75) is 6.04 Å². The molecule has 0 saturated carbocycles. The molecule has 4 heteroatoms. The number of hydrogen-bond acceptors (Lipinski definition) is 4. The van der Waals surface area contributed by atoms with E-state index in [9.17, 15) is 0 Å². The van der Waals surface area contributed by atoms with Crippen molar-refractivity contribution in [1.29, 1.82) is 0 Å². The average molecular weight is 160 g/mol. The summed E-state index contributed by atoms with van der Waals surface area (Å²) in [5.41, 5.74) is 5.52. The molecule has 1 rings (SSSR count). The van der Waals surface area contributed by atoms with Crippen LogP contribution in [0.2, 0.25) is 0 Å². The molecule has 1 aliphatic heterocycles. The SMILES string of the molecule is NCC1COCCN1CCO. The Labute approximate surface area is 66.9 Å². The molecule has 0 aromatic heterocycles. The Kier molecular flexibility index (Phi) is 3.79. The highest BCUT2D eigenvalue weighted by Gasteiger charge is 2.20. The first-order valence-electron chi connectivity index (χ1n) is 4.01. The maximum atomic E-state index is 8.71. The van der Waals surface area contributed by atoms with Crippen molar-refractivity contribution in [3.63, 3.8) is 0 Å². The summed E-state index contributed by atoms with van der Waals surface area (Å²) in [7, 11) is 0. The summed E-state index contributed by atoms with van der Waals surface area (Å²) in [6.45, 7) is 3.89. The number of nitrogens with two attached hydrogens (primary N) is 1. The summed E-state index contributed by atoms with van der Waals surface area (Å²) in [6, 6.07) is 0.302. The van der Waals surface area contributed by atoms with Crippen LogP contribution in [0.4, 0.5) is 0 Å². The van der Waals surface area contributed by atoms with Crippen molar-refractivity contribution in [3.05, 3.63) is 0 Å². The summed E-state index contributed by atoms with van der Waals surface area (Å²) in [5.74, 6) is 0. The van der Waals surface area contributed by atoms with Gasteiger partial charge in [-0.25, -0.2) is 0 Å². The van der Waals surface area contributed by atoms with Crippen molar-refractivity contribution < 1.29 is 9.84 Å². The lowest BCUT2D eigenvalue weighted by Gasteiger charge is -2.34. The standard InChI is InChI=1S/C7H16N2O2/c8-5-7-6-11-4-2-9(7)1-3-10/h7,10H,1-6,8H2. The molecular formula is C7H16N2O2.